The molecule has 1 saturated carbocycles. The van der Waals surface area contributed by atoms with Crippen LogP contribution in [0.25, 0.3) is 0 Å². The van der Waals surface area contributed by atoms with Gasteiger partial charge in [0.2, 0.25) is 0 Å². The van der Waals surface area contributed by atoms with Crippen LogP contribution in [0.3, 0.4) is 0 Å². The third-order valence-corrected chi connectivity index (χ3v) is 3.14. The average molecular weight is 225 g/mol. The van der Waals surface area contributed by atoms with Gasteiger partial charge >= 0.3 is 0 Å². The summed E-state index contributed by atoms with van der Waals surface area (Å²) in [5.41, 5.74) is 0.720. The fraction of sp³-hybridized carbons (Fsp3) is 0.538. The summed E-state index contributed by atoms with van der Waals surface area (Å²) in [7, 11) is 0. The van der Waals surface area contributed by atoms with Crippen molar-refractivity contribution in [3.8, 4) is 0 Å². The van der Waals surface area contributed by atoms with Crippen molar-refractivity contribution in [1.29, 1.82) is 0 Å². The standard InChI is InChI=1S/C13H17F2N/c1-9-4-13(5-9)16-3-2-10-6-11(14)8-12(15)7-10/h6-9,13,16H,2-5H2,1H3. The molecule has 0 heterocycles. The smallest absolute Gasteiger partial charge is 0.126 e. The van der Waals surface area contributed by atoms with E-state index in [1.54, 1.807) is 0 Å². The Balaban J connectivity index is 1.76. The highest BCUT2D eigenvalue weighted by Gasteiger charge is 2.24. The topological polar surface area (TPSA) is 12.0 Å². The minimum Gasteiger partial charge on any atom is -0.314 e. The number of nitrogens with one attached hydrogen (secondary N) is 1. The van der Waals surface area contributed by atoms with Crippen LogP contribution < -0.4 is 5.32 Å². The summed E-state index contributed by atoms with van der Waals surface area (Å²) in [6, 6.07) is 4.31. The molecule has 0 unspecified atom stereocenters. The summed E-state index contributed by atoms with van der Waals surface area (Å²) < 4.78 is 25.8. The van der Waals surface area contributed by atoms with Gasteiger partial charge in [-0.15, -0.1) is 0 Å². The third-order valence-electron chi connectivity index (χ3n) is 3.14. The van der Waals surface area contributed by atoms with Crippen LogP contribution >= 0.6 is 0 Å². The predicted octanol–water partition coefficient (Wildman–Crippen LogP) is 2.90. The van der Waals surface area contributed by atoms with E-state index in [9.17, 15) is 8.78 Å². The normalized spacial score (nSPS) is 24.2. The molecule has 0 aromatic heterocycles. The highest BCUT2D eigenvalue weighted by molar-refractivity contribution is 5.18. The van der Waals surface area contributed by atoms with E-state index >= 15 is 0 Å². The van der Waals surface area contributed by atoms with Gasteiger partial charge in [0.25, 0.3) is 0 Å². The Labute approximate surface area is 94.9 Å². The van der Waals surface area contributed by atoms with Crippen LogP contribution in [0.1, 0.15) is 25.3 Å². The van der Waals surface area contributed by atoms with Crippen molar-refractivity contribution in [1.82, 2.24) is 5.32 Å². The molecule has 0 bridgehead atoms. The zero-order valence-corrected chi connectivity index (χ0v) is 9.47. The minimum absolute atomic E-state index is 0.493. The van der Waals surface area contributed by atoms with Crippen molar-refractivity contribution in [2.24, 2.45) is 5.92 Å². The van der Waals surface area contributed by atoms with Crippen LogP contribution in [-0.2, 0) is 6.42 Å². The largest absolute Gasteiger partial charge is 0.314 e. The Hall–Kier alpha value is -0.960. The Morgan fingerprint density at radius 3 is 2.38 bits per heavy atom. The Morgan fingerprint density at radius 2 is 1.81 bits per heavy atom. The van der Waals surface area contributed by atoms with Gasteiger partial charge in [0.05, 0.1) is 0 Å². The second kappa shape index (κ2) is 4.91. The van der Waals surface area contributed by atoms with Gasteiger partial charge in [-0.3, -0.25) is 0 Å². The molecule has 2 rings (SSSR count). The molecule has 1 N–H and O–H groups in total. The van der Waals surface area contributed by atoms with Crippen LogP contribution in [0.5, 0.6) is 0 Å². The molecule has 0 saturated heterocycles. The Bertz CT molecular complexity index is 339. The zero-order valence-electron chi connectivity index (χ0n) is 9.47. The molecule has 1 aromatic rings. The van der Waals surface area contributed by atoms with Crippen molar-refractivity contribution in [2.75, 3.05) is 6.54 Å². The molecule has 0 amide bonds. The van der Waals surface area contributed by atoms with Gasteiger partial charge in [-0.05, 0) is 49.4 Å². The van der Waals surface area contributed by atoms with Crippen molar-refractivity contribution in [3.63, 3.8) is 0 Å². The number of rotatable bonds is 4. The Morgan fingerprint density at radius 1 is 1.19 bits per heavy atom. The molecule has 1 aliphatic carbocycles. The van der Waals surface area contributed by atoms with Gasteiger partial charge in [0.15, 0.2) is 0 Å². The maximum atomic E-state index is 12.9. The number of hydrogen-bond donors (Lipinski definition) is 1. The van der Waals surface area contributed by atoms with E-state index in [-0.39, 0.29) is 0 Å². The van der Waals surface area contributed by atoms with Crippen molar-refractivity contribution in [3.05, 3.63) is 35.4 Å². The summed E-state index contributed by atoms with van der Waals surface area (Å²) in [4.78, 5) is 0. The summed E-state index contributed by atoms with van der Waals surface area (Å²) in [5.74, 6) is -0.163. The highest BCUT2D eigenvalue weighted by Crippen LogP contribution is 2.26. The molecule has 0 atom stereocenters. The predicted molar refractivity (Wildman–Crippen MR) is 60.3 cm³/mol. The first-order valence-corrected chi connectivity index (χ1v) is 5.82. The van der Waals surface area contributed by atoms with E-state index in [1.807, 2.05) is 0 Å². The van der Waals surface area contributed by atoms with Gasteiger partial charge in [0, 0.05) is 12.1 Å². The summed E-state index contributed by atoms with van der Waals surface area (Å²) in [6.07, 6.45) is 3.12. The van der Waals surface area contributed by atoms with Crippen molar-refractivity contribution >= 4 is 0 Å². The molecular weight excluding hydrogens is 208 g/mol. The van der Waals surface area contributed by atoms with Crippen LogP contribution in [0, 0.1) is 17.6 Å². The van der Waals surface area contributed by atoms with Crippen LogP contribution in [-0.4, -0.2) is 12.6 Å². The molecule has 1 fully saturated rings. The number of hydrogen-bond acceptors (Lipinski definition) is 1. The molecule has 0 radical (unpaired) electrons. The molecular formula is C13H17F2N. The first kappa shape index (κ1) is 11.5. The maximum Gasteiger partial charge on any atom is 0.126 e. The van der Waals surface area contributed by atoms with Gasteiger partial charge in [-0.1, -0.05) is 6.92 Å². The van der Waals surface area contributed by atoms with E-state index in [4.69, 9.17) is 0 Å². The lowest BCUT2D eigenvalue weighted by Gasteiger charge is -2.33. The van der Waals surface area contributed by atoms with Gasteiger partial charge < -0.3 is 5.32 Å². The van der Waals surface area contributed by atoms with Gasteiger partial charge in [-0.2, -0.15) is 0 Å². The SMILES string of the molecule is CC1CC(NCCc2cc(F)cc(F)c2)C1. The molecule has 16 heavy (non-hydrogen) atoms. The minimum atomic E-state index is -0.493. The first-order chi connectivity index (χ1) is 7.63. The lowest BCUT2D eigenvalue weighted by atomic mass is 9.82. The lowest BCUT2D eigenvalue weighted by Crippen LogP contribution is -2.40. The van der Waals surface area contributed by atoms with E-state index in [0.29, 0.717) is 12.5 Å². The molecule has 0 aliphatic heterocycles. The van der Waals surface area contributed by atoms with Gasteiger partial charge in [0.1, 0.15) is 11.6 Å². The second-order valence-corrected chi connectivity index (χ2v) is 4.76. The number of benzene rings is 1. The fourth-order valence-corrected chi connectivity index (χ4v) is 2.24. The quantitative estimate of drug-likeness (QED) is 0.830. The van der Waals surface area contributed by atoms with Crippen LogP contribution in [0.4, 0.5) is 8.78 Å². The average Bonchev–Trinajstić information content (AvgIpc) is 2.13. The molecule has 1 aromatic carbocycles. The van der Waals surface area contributed by atoms with Crippen molar-refractivity contribution < 1.29 is 8.78 Å². The third kappa shape index (κ3) is 3.01. The second-order valence-electron chi connectivity index (χ2n) is 4.76. The van der Waals surface area contributed by atoms with E-state index in [1.165, 1.54) is 25.0 Å². The zero-order chi connectivity index (χ0) is 11.5. The summed E-state index contributed by atoms with van der Waals surface area (Å²) in [5, 5.41) is 3.39. The monoisotopic (exact) mass is 225 g/mol. The summed E-state index contributed by atoms with van der Waals surface area (Å²) in [6.45, 7) is 3.03. The summed E-state index contributed by atoms with van der Waals surface area (Å²) >= 11 is 0. The van der Waals surface area contributed by atoms with Crippen LogP contribution in [0.2, 0.25) is 0 Å². The number of halogens is 2. The van der Waals surface area contributed by atoms with Crippen molar-refractivity contribution in [2.45, 2.75) is 32.2 Å². The molecule has 0 spiro atoms. The van der Waals surface area contributed by atoms with E-state index in [0.717, 1.165) is 24.1 Å². The van der Waals surface area contributed by atoms with E-state index < -0.39 is 11.6 Å². The molecule has 3 heteroatoms. The van der Waals surface area contributed by atoms with Gasteiger partial charge in [-0.25, -0.2) is 8.78 Å². The first-order valence-electron chi connectivity index (χ1n) is 5.82. The molecule has 1 nitrogen and oxygen atoms in total. The van der Waals surface area contributed by atoms with E-state index in [2.05, 4.69) is 12.2 Å². The highest BCUT2D eigenvalue weighted by atomic mass is 19.1. The van der Waals surface area contributed by atoms with Crippen LogP contribution in [0.15, 0.2) is 18.2 Å². The maximum absolute atomic E-state index is 12.9. The molecule has 88 valence electrons. The Kier molecular flexibility index (Phi) is 3.54. The molecule has 1 aliphatic rings. The fourth-order valence-electron chi connectivity index (χ4n) is 2.24. The lowest BCUT2D eigenvalue weighted by molar-refractivity contribution is 0.243.